The van der Waals surface area contributed by atoms with Crippen LogP contribution in [0.3, 0.4) is 0 Å². The molecule has 0 saturated heterocycles. The molecule has 148 valence electrons. The highest BCUT2D eigenvalue weighted by Gasteiger charge is 2.13. The van der Waals surface area contributed by atoms with Crippen molar-refractivity contribution in [2.45, 2.75) is 13.2 Å². The van der Waals surface area contributed by atoms with E-state index in [1.165, 1.54) is 13.2 Å². The normalized spacial score (nSPS) is 11.1. The highest BCUT2D eigenvalue weighted by molar-refractivity contribution is 7.71. The van der Waals surface area contributed by atoms with Gasteiger partial charge in [-0.05, 0) is 55.2 Å². The largest absolute Gasteiger partial charge is 0.496 e. The Bertz CT molecular complexity index is 1040. The van der Waals surface area contributed by atoms with Crippen molar-refractivity contribution < 1.29 is 13.9 Å². The summed E-state index contributed by atoms with van der Waals surface area (Å²) in [4.78, 5) is 6.39. The highest BCUT2D eigenvalue weighted by Crippen LogP contribution is 2.30. The van der Waals surface area contributed by atoms with Crippen LogP contribution in [0.5, 0.6) is 11.5 Å². The Morgan fingerprint density at radius 1 is 1.18 bits per heavy atom. The van der Waals surface area contributed by atoms with E-state index in [4.69, 9.17) is 33.3 Å². The Hall–Kier alpha value is -2.42. The number of halogens is 2. The van der Waals surface area contributed by atoms with Crippen LogP contribution in [0.25, 0.3) is 11.4 Å². The fourth-order valence-corrected chi connectivity index (χ4v) is 3.22. The molecule has 0 bridgehead atoms. The van der Waals surface area contributed by atoms with E-state index in [1.807, 2.05) is 18.0 Å². The Kier molecular flexibility index (Phi) is 6.33. The topological polar surface area (TPSA) is 55.3 Å². The minimum Gasteiger partial charge on any atom is -0.496 e. The van der Waals surface area contributed by atoms with Gasteiger partial charge in [0, 0.05) is 11.6 Å². The molecule has 2 aromatic carbocycles. The number of benzene rings is 2. The molecule has 0 atom stereocenters. The standard InChI is InChI=1S/C19H20ClFN4O2S/c1-24(10-12-4-6-17(27-3)15(21)8-12)11-25-19(28)22-18(23-25)14-9-13(20)5-7-16(14)26-2/h4-9H,10-11H2,1-3H3,(H,22,23,28). The molecule has 0 aliphatic carbocycles. The minimum absolute atomic E-state index is 0.224. The lowest BCUT2D eigenvalue weighted by atomic mass is 10.2. The second-order valence-corrected chi connectivity index (χ2v) is 7.05. The lowest BCUT2D eigenvalue weighted by Crippen LogP contribution is -2.22. The van der Waals surface area contributed by atoms with E-state index in [-0.39, 0.29) is 11.6 Å². The quantitative estimate of drug-likeness (QED) is 0.568. The SMILES string of the molecule is COc1ccc(CN(C)Cn2[nH]c(-c3cc(Cl)ccc3OC)nc2=S)cc1F. The molecule has 3 aromatic rings. The van der Waals surface area contributed by atoms with E-state index < -0.39 is 0 Å². The van der Waals surface area contributed by atoms with Gasteiger partial charge in [0.15, 0.2) is 17.4 Å². The molecule has 0 unspecified atom stereocenters. The van der Waals surface area contributed by atoms with Crippen molar-refractivity contribution in [2.75, 3.05) is 21.3 Å². The number of aromatic nitrogens is 3. The Balaban J connectivity index is 1.78. The van der Waals surface area contributed by atoms with Gasteiger partial charge in [0.25, 0.3) is 0 Å². The molecule has 0 amide bonds. The molecule has 0 radical (unpaired) electrons. The summed E-state index contributed by atoms with van der Waals surface area (Å²) in [5.74, 6) is 1.04. The summed E-state index contributed by atoms with van der Waals surface area (Å²) in [7, 11) is 4.93. The summed E-state index contributed by atoms with van der Waals surface area (Å²) < 4.78 is 26.3. The van der Waals surface area contributed by atoms with Crippen molar-refractivity contribution in [3.63, 3.8) is 0 Å². The molecule has 0 saturated carbocycles. The molecule has 1 aromatic heterocycles. The van der Waals surface area contributed by atoms with Crippen LogP contribution in [0.15, 0.2) is 36.4 Å². The Morgan fingerprint density at radius 2 is 1.89 bits per heavy atom. The van der Waals surface area contributed by atoms with Crippen LogP contribution in [0.4, 0.5) is 4.39 Å². The fourth-order valence-electron chi connectivity index (χ4n) is 2.85. The molecule has 0 aliphatic heterocycles. The van der Waals surface area contributed by atoms with Gasteiger partial charge in [0.05, 0.1) is 26.5 Å². The van der Waals surface area contributed by atoms with Crippen molar-refractivity contribution in [1.29, 1.82) is 0 Å². The second kappa shape index (κ2) is 8.72. The van der Waals surface area contributed by atoms with Gasteiger partial charge >= 0.3 is 0 Å². The van der Waals surface area contributed by atoms with Crippen LogP contribution >= 0.6 is 23.8 Å². The predicted octanol–water partition coefficient (Wildman–Crippen LogP) is 4.51. The average molecular weight is 423 g/mol. The van der Waals surface area contributed by atoms with E-state index in [0.717, 1.165) is 11.1 Å². The zero-order valence-electron chi connectivity index (χ0n) is 15.7. The number of H-pyrrole nitrogens is 1. The molecule has 28 heavy (non-hydrogen) atoms. The average Bonchev–Trinajstić information content (AvgIpc) is 3.02. The summed E-state index contributed by atoms with van der Waals surface area (Å²) in [5, 5.41) is 3.75. The van der Waals surface area contributed by atoms with Crippen LogP contribution < -0.4 is 9.47 Å². The van der Waals surface area contributed by atoms with Gasteiger partial charge in [-0.15, -0.1) is 0 Å². The first-order chi connectivity index (χ1) is 13.4. The van der Waals surface area contributed by atoms with E-state index in [9.17, 15) is 4.39 Å². The molecule has 3 rings (SSSR count). The van der Waals surface area contributed by atoms with Crippen LogP contribution in [0.1, 0.15) is 5.56 Å². The number of nitrogens with zero attached hydrogens (tertiary/aromatic N) is 3. The second-order valence-electron chi connectivity index (χ2n) is 6.25. The molecule has 1 heterocycles. The summed E-state index contributed by atoms with van der Waals surface area (Å²) in [6.07, 6.45) is 0. The Morgan fingerprint density at radius 3 is 2.57 bits per heavy atom. The summed E-state index contributed by atoms with van der Waals surface area (Å²) in [6, 6.07) is 10.2. The van der Waals surface area contributed by atoms with E-state index in [1.54, 1.807) is 36.1 Å². The van der Waals surface area contributed by atoms with E-state index in [2.05, 4.69) is 10.1 Å². The molecule has 0 aliphatic rings. The number of ether oxygens (including phenoxy) is 2. The van der Waals surface area contributed by atoms with E-state index in [0.29, 0.717) is 34.6 Å². The molecule has 6 nitrogen and oxygen atoms in total. The number of hydrogen-bond acceptors (Lipinski definition) is 5. The first kappa shape index (κ1) is 20.3. The summed E-state index contributed by atoms with van der Waals surface area (Å²) in [5.41, 5.74) is 1.54. The van der Waals surface area contributed by atoms with Gasteiger partial charge in [-0.1, -0.05) is 17.7 Å². The van der Waals surface area contributed by atoms with Crippen LogP contribution in [0.2, 0.25) is 5.02 Å². The van der Waals surface area contributed by atoms with Gasteiger partial charge in [0.2, 0.25) is 4.77 Å². The number of rotatable bonds is 7. The summed E-state index contributed by atoms with van der Waals surface area (Å²) >= 11 is 11.5. The number of hydrogen-bond donors (Lipinski definition) is 1. The zero-order valence-corrected chi connectivity index (χ0v) is 17.3. The van der Waals surface area contributed by atoms with Gasteiger partial charge in [-0.25, -0.2) is 9.07 Å². The van der Waals surface area contributed by atoms with Crippen molar-refractivity contribution in [3.05, 3.63) is 57.6 Å². The van der Waals surface area contributed by atoms with Crippen LogP contribution in [-0.2, 0) is 13.2 Å². The van der Waals surface area contributed by atoms with Gasteiger partial charge < -0.3 is 9.47 Å². The minimum atomic E-state index is -0.387. The van der Waals surface area contributed by atoms with Gasteiger partial charge in [-0.2, -0.15) is 4.98 Å². The maximum Gasteiger partial charge on any atom is 0.217 e. The third-order valence-corrected chi connectivity index (χ3v) is 4.69. The van der Waals surface area contributed by atoms with E-state index >= 15 is 0 Å². The Labute approximate surface area is 172 Å². The zero-order chi connectivity index (χ0) is 20.3. The number of methoxy groups -OCH3 is 2. The van der Waals surface area contributed by atoms with Crippen molar-refractivity contribution in [3.8, 4) is 22.9 Å². The molecule has 0 fully saturated rings. The monoisotopic (exact) mass is 422 g/mol. The molecule has 9 heteroatoms. The highest BCUT2D eigenvalue weighted by atomic mass is 35.5. The molecular weight excluding hydrogens is 403 g/mol. The van der Waals surface area contributed by atoms with Crippen LogP contribution in [0, 0.1) is 10.6 Å². The molecular formula is C19H20ClFN4O2S. The predicted molar refractivity (Wildman–Crippen MR) is 109 cm³/mol. The number of aromatic amines is 1. The lowest BCUT2D eigenvalue weighted by Gasteiger charge is -2.17. The van der Waals surface area contributed by atoms with Crippen molar-refractivity contribution >= 4 is 23.8 Å². The third kappa shape index (κ3) is 4.52. The van der Waals surface area contributed by atoms with Gasteiger partial charge in [-0.3, -0.25) is 10.00 Å². The molecule has 0 spiro atoms. The lowest BCUT2D eigenvalue weighted by molar-refractivity contribution is 0.244. The third-order valence-electron chi connectivity index (χ3n) is 4.15. The molecule has 1 N–H and O–H groups in total. The first-order valence-corrected chi connectivity index (χ1v) is 9.21. The maximum absolute atomic E-state index is 13.9. The van der Waals surface area contributed by atoms with Crippen molar-refractivity contribution in [2.24, 2.45) is 0 Å². The fraction of sp³-hybridized carbons (Fsp3) is 0.263. The van der Waals surface area contributed by atoms with Crippen LogP contribution in [-0.4, -0.2) is 40.9 Å². The smallest absolute Gasteiger partial charge is 0.217 e. The van der Waals surface area contributed by atoms with Crippen molar-refractivity contribution in [1.82, 2.24) is 19.7 Å². The first-order valence-electron chi connectivity index (χ1n) is 8.43. The number of nitrogens with one attached hydrogen (secondary N) is 1. The van der Waals surface area contributed by atoms with Gasteiger partial charge in [0.1, 0.15) is 5.75 Å². The maximum atomic E-state index is 13.9. The summed E-state index contributed by atoms with van der Waals surface area (Å²) in [6.45, 7) is 0.972.